The van der Waals surface area contributed by atoms with Crippen molar-refractivity contribution in [3.63, 3.8) is 0 Å². The molecule has 2 aliphatic rings. The number of fused-ring (bicyclic) bond motifs is 1. The first-order chi connectivity index (χ1) is 13.1. The number of nitrogens with one attached hydrogen (secondary N) is 1. The molecule has 144 valence electrons. The molecule has 6 nitrogen and oxygen atoms in total. The SMILES string of the molecule is CCc1cc2ncc(CN3CCN(C(=O)C4CCCC4)CC3)cc2[nH]c1=O. The minimum Gasteiger partial charge on any atom is -0.340 e. The zero-order valence-corrected chi connectivity index (χ0v) is 16.0. The van der Waals surface area contributed by atoms with Crippen LogP contribution in [0.25, 0.3) is 11.0 Å². The highest BCUT2D eigenvalue weighted by Gasteiger charge is 2.29. The molecular formula is C21H28N4O2. The number of amides is 1. The van der Waals surface area contributed by atoms with Gasteiger partial charge < -0.3 is 9.88 Å². The number of hydrogen-bond acceptors (Lipinski definition) is 4. The second kappa shape index (κ2) is 7.80. The second-order valence-electron chi connectivity index (χ2n) is 7.84. The van der Waals surface area contributed by atoms with Crippen LogP contribution in [0.15, 0.2) is 23.1 Å². The third-order valence-corrected chi connectivity index (χ3v) is 6.00. The lowest BCUT2D eigenvalue weighted by molar-refractivity contribution is -0.137. The highest BCUT2D eigenvalue weighted by molar-refractivity contribution is 5.79. The van der Waals surface area contributed by atoms with Crippen molar-refractivity contribution in [1.29, 1.82) is 0 Å². The summed E-state index contributed by atoms with van der Waals surface area (Å²) >= 11 is 0. The lowest BCUT2D eigenvalue weighted by atomic mass is 10.1. The smallest absolute Gasteiger partial charge is 0.251 e. The van der Waals surface area contributed by atoms with Crippen LogP contribution in [0, 0.1) is 5.92 Å². The van der Waals surface area contributed by atoms with Crippen molar-refractivity contribution in [2.45, 2.75) is 45.6 Å². The standard InChI is InChI=1S/C21H28N4O2/c1-2-16-12-18-19(23-20(16)26)11-15(13-22-18)14-24-7-9-25(10-8-24)21(27)17-5-3-4-6-17/h11-13,17H,2-10,14H2,1H3,(H,23,26). The monoisotopic (exact) mass is 368 g/mol. The van der Waals surface area contributed by atoms with E-state index in [-0.39, 0.29) is 11.5 Å². The molecular weight excluding hydrogens is 340 g/mol. The number of carbonyl (C=O) groups excluding carboxylic acids is 1. The van der Waals surface area contributed by atoms with Crippen molar-refractivity contribution in [3.8, 4) is 0 Å². The molecule has 3 heterocycles. The summed E-state index contributed by atoms with van der Waals surface area (Å²) < 4.78 is 0. The molecule has 0 atom stereocenters. The number of pyridine rings is 2. The molecule has 1 N–H and O–H groups in total. The topological polar surface area (TPSA) is 69.3 Å². The van der Waals surface area contributed by atoms with Gasteiger partial charge in [-0.3, -0.25) is 19.5 Å². The second-order valence-corrected chi connectivity index (χ2v) is 7.84. The Morgan fingerprint density at radius 2 is 1.93 bits per heavy atom. The minimum absolute atomic E-state index is 0.0250. The molecule has 0 spiro atoms. The Hall–Kier alpha value is -2.21. The number of piperazine rings is 1. The number of aromatic amines is 1. The number of rotatable bonds is 4. The Morgan fingerprint density at radius 1 is 1.19 bits per heavy atom. The molecule has 2 aromatic rings. The summed E-state index contributed by atoms with van der Waals surface area (Å²) in [4.78, 5) is 36.5. The van der Waals surface area contributed by atoms with Gasteiger partial charge in [-0.25, -0.2) is 0 Å². The summed E-state index contributed by atoms with van der Waals surface area (Å²) in [5.74, 6) is 0.634. The molecule has 0 unspecified atom stereocenters. The fourth-order valence-corrected chi connectivity index (χ4v) is 4.33. The zero-order valence-electron chi connectivity index (χ0n) is 16.0. The first-order valence-electron chi connectivity index (χ1n) is 10.2. The first kappa shape index (κ1) is 18.2. The maximum atomic E-state index is 12.6. The predicted molar refractivity (Wildman–Crippen MR) is 106 cm³/mol. The summed E-state index contributed by atoms with van der Waals surface area (Å²) in [6.07, 6.45) is 7.15. The number of aromatic nitrogens is 2. The lowest BCUT2D eigenvalue weighted by Crippen LogP contribution is -2.49. The highest BCUT2D eigenvalue weighted by Crippen LogP contribution is 2.27. The van der Waals surface area contributed by atoms with Crippen molar-refractivity contribution in [1.82, 2.24) is 19.8 Å². The van der Waals surface area contributed by atoms with Gasteiger partial charge in [-0.1, -0.05) is 19.8 Å². The van der Waals surface area contributed by atoms with E-state index in [2.05, 4.69) is 19.8 Å². The van der Waals surface area contributed by atoms with E-state index in [4.69, 9.17) is 0 Å². The van der Waals surface area contributed by atoms with Gasteiger partial charge in [0.1, 0.15) is 0 Å². The molecule has 2 aromatic heterocycles. The molecule has 4 rings (SSSR count). The van der Waals surface area contributed by atoms with Gasteiger partial charge >= 0.3 is 0 Å². The Morgan fingerprint density at radius 3 is 2.63 bits per heavy atom. The molecule has 1 amide bonds. The van der Waals surface area contributed by atoms with Crippen LogP contribution in [-0.2, 0) is 17.8 Å². The van der Waals surface area contributed by atoms with Crippen molar-refractivity contribution in [2.24, 2.45) is 5.92 Å². The molecule has 1 saturated heterocycles. The van der Waals surface area contributed by atoms with Crippen molar-refractivity contribution < 1.29 is 4.79 Å². The Kier molecular flexibility index (Phi) is 5.25. The van der Waals surface area contributed by atoms with Crippen molar-refractivity contribution >= 4 is 16.9 Å². The van der Waals surface area contributed by atoms with Crippen LogP contribution in [0.5, 0.6) is 0 Å². The Labute approximate surface area is 159 Å². The molecule has 0 aromatic carbocycles. The maximum absolute atomic E-state index is 12.6. The van der Waals surface area contributed by atoms with Crippen molar-refractivity contribution in [2.75, 3.05) is 26.2 Å². The summed E-state index contributed by atoms with van der Waals surface area (Å²) in [7, 11) is 0. The Bertz CT molecular complexity index is 877. The fourth-order valence-electron chi connectivity index (χ4n) is 4.33. The van der Waals surface area contributed by atoms with Gasteiger partial charge in [0.2, 0.25) is 5.91 Å². The average molecular weight is 368 g/mol. The first-order valence-corrected chi connectivity index (χ1v) is 10.2. The van der Waals surface area contributed by atoms with Crippen molar-refractivity contribution in [3.05, 3.63) is 39.8 Å². The largest absolute Gasteiger partial charge is 0.340 e. The molecule has 27 heavy (non-hydrogen) atoms. The molecule has 1 saturated carbocycles. The van der Waals surface area contributed by atoms with Gasteiger partial charge in [0.05, 0.1) is 11.0 Å². The van der Waals surface area contributed by atoms with E-state index in [0.717, 1.165) is 67.7 Å². The highest BCUT2D eigenvalue weighted by atomic mass is 16.2. The number of hydrogen-bond donors (Lipinski definition) is 1. The number of H-pyrrole nitrogens is 1. The van der Waals surface area contributed by atoms with Gasteiger partial charge in [-0.05, 0) is 37.0 Å². The molecule has 1 aliphatic carbocycles. The van der Waals surface area contributed by atoms with E-state index < -0.39 is 0 Å². The van der Waals surface area contributed by atoms with Crippen LogP contribution in [0.1, 0.15) is 43.7 Å². The van der Waals surface area contributed by atoms with Crippen LogP contribution >= 0.6 is 0 Å². The van der Waals surface area contributed by atoms with Crippen LogP contribution in [0.3, 0.4) is 0 Å². The number of nitrogens with zero attached hydrogens (tertiary/aromatic N) is 3. The van der Waals surface area contributed by atoms with Crippen LogP contribution in [0.4, 0.5) is 0 Å². The number of aryl methyl sites for hydroxylation is 1. The van der Waals surface area contributed by atoms with Crippen LogP contribution in [0.2, 0.25) is 0 Å². The Balaban J connectivity index is 1.38. The van der Waals surface area contributed by atoms with Gasteiger partial charge in [0.15, 0.2) is 0 Å². The average Bonchev–Trinajstić information content (AvgIpc) is 3.22. The third kappa shape index (κ3) is 3.90. The fraction of sp³-hybridized carbons (Fsp3) is 0.571. The van der Waals surface area contributed by atoms with Gasteiger partial charge in [-0.2, -0.15) is 0 Å². The van der Waals surface area contributed by atoms with E-state index in [0.29, 0.717) is 12.3 Å². The normalized spacial score (nSPS) is 19.1. The summed E-state index contributed by atoms with van der Waals surface area (Å²) in [6.45, 7) is 6.18. The minimum atomic E-state index is -0.0250. The maximum Gasteiger partial charge on any atom is 0.251 e. The molecule has 6 heteroatoms. The quantitative estimate of drug-likeness (QED) is 0.899. The summed E-state index contributed by atoms with van der Waals surface area (Å²) in [6, 6.07) is 3.91. The number of carbonyl (C=O) groups is 1. The summed E-state index contributed by atoms with van der Waals surface area (Å²) in [5.41, 5.74) is 3.47. The van der Waals surface area contributed by atoms with E-state index in [1.54, 1.807) is 0 Å². The predicted octanol–water partition coefficient (Wildman–Crippen LogP) is 2.32. The molecule has 0 bridgehead atoms. The van der Waals surface area contributed by atoms with Gasteiger partial charge in [-0.15, -0.1) is 0 Å². The molecule has 0 radical (unpaired) electrons. The molecule has 2 fully saturated rings. The van der Waals surface area contributed by atoms with E-state index in [1.165, 1.54) is 12.8 Å². The van der Waals surface area contributed by atoms with Crippen LogP contribution < -0.4 is 5.56 Å². The van der Waals surface area contributed by atoms with E-state index >= 15 is 0 Å². The van der Waals surface area contributed by atoms with Gasteiger partial charge in [0.25, 0.3) is 5.56 Å². The molecule has 1 aliphatic heterocycles. The summed E-state index contributed by atoms with van der Waals surface area (Å²) in [5, 5.41) is 0. The zero-order chi connectivity index (χ0) is 18.8. The van der Waals surface area contributed by atoms with E-state index in [1.807, 2.05) is 25.3 Å². The van der Waals surface area contributed by atoms with Crippen LogP contribution in [-0.4, -0.2) is 51.9 Å². The lowest BCUT2D eigenvalue weighted by Gasteiger charge is -2.36. The van der Waals surface area contributed by atoms with E-state index in [9.17, 15) is 9.59 Å². The van der Waals surface area contributed by atoms with Gasteiger partial charge in [0, 0.05) is 50.4 Å². The third-order valence-electron chi connectivity index (χ3n) is 6.00.